The third-order valence-corrected chi connectivity index (χ3v) is 3.23. The van der Waals surface area contributed by atoms with Gasteiger partial charge in [-0.2, -0.15) is 0 Å². The lowest BCUT2D eigenvalue weighted by Gasteiger charge is -2.10. The molecule has 0 saturated heterocycles. The molecule has 0 aromatic heterocycles. The Morgan fingerprint density at radius 2 is 1.64 bits per heavy atom. The van der Waals surface area contributed by atoms with E-state index in [0.29, 0.717) is 17.3 Å². The average Bonchev–Trinajstić information content (AvgIpc) is 2.49. The fourth-order valence-corrected chi connectivity index (χ4v) is 1.94. The second kappa shape index (κ2) is 7.02. The van der Waals surface area contributed by atoms with E-state index in [1.54, 1.807) is 0 Å². The number of halogens is 2. The van der Waals surface area contributed by atoms with E-state index in [9.17, 15) is 13.6 Å². The first-order chi connectivity index (χ1) is 10.5. The summed E-state index contributed by atoms with van der Waals surface area (Å²) in [5.41, 5.74) is 2.24. The highest BCUT2D eigenvalue weighted by molar-refractivity contribution is 5.93. The number of anilines is 2. The molecular weight excluding hydrogens is 286 g/mol. The quantitative estimate of drug-likeness (QED) is 0.871. The maximum absolute atomic E-state index is 13.0. The van der Waals surface area contributed by atoms with Crippen LogP contribution >= 0.6 is 0 Å². The minimum Gasteiger partial charge on any atom is -0.376 e. The Bertz CT molecular complexity index is 654. The van der Waals surface area contributed by atoms with Crippen LogP contribution in [0.5, 0.6) is 0 Å². The monoisotopic (exact) mass is 304 g/mol. The molecule has 0 radical (unpaired) electrons. The normalized spacial score (nSPS) is 10.6. The van der Waals surface area contributed by atoms with E-state index in [4.69, 9.17) is 0 Å². The zero-order valence-electron chi connectivity index (χ0n) is 12.5. The van der Waals surface area contributed by atoms with Crippen molar-refractivity contribution >= 4 is 17.3 Å². The number of carbonyl (C=O) groups excluding carboxylic acids is 1. The second-order valence-corrected chi connectivity index (χ2v) is 5.31. The maximum atomic E-state index is 13.0. The van der Waals surface area contributed by atoms with Crippen molar-refractivity contribution in [1.82, 2.24) is 0 Å². The molecule has 0 aliphatic rings. The summed E-state index contributed by atoms with van der Waals surface area (Å²) in [5, 5.41) is 5.48. The van der Waals surface area contributed by atoms with Crippen LogP contribution in [0.3, 0.4) is 0 Å². The zero-order chi connectivity index (χ0) is 16.1. The number of nitrogens with one attached hydrogen (secondary N) is 2. The van der Waals surface area contributed by atoms with Crippen LogP contribution in [-0.4, -0.2) is 12.5 Å². The second-order valence-electron chi connectivity index (χ2n) is 5.31. The Morgan fingerprint density at radius 3 is 2.23 bits per heavy atom. The van der Waals surface area contributed by atoms with Crippen molar-refractivity contribution in [3.8, 4) is 0 Å². The molecule has 2 aromatic carbocycles. The third-order valence-electron chi connectivity index (χ3n) is 3.23. The maximum Gasteiger partial charge on any atom is 0.243 e. The van der Waals surface area contributed by atoms with Crippen LogP contribution in [0.15, 0.2) is 42.5 Å². The fraction of sp³-hybridized carbons (Fsp3) is 0.235. The minimum atomic E-state index is -0.949. The largest absolute Gasteiger partial charge is 0.376 e. The molecule has 1 amide bonds. The van der Waals surface area contributed by atoms with Crippen molar-refractivity contribution in [3.63, 3.8) is 0 Å². The number of carbonyl (C=O) groups is 1. The summed E-state index contributed by atoms with van der Waals surface area (Å²) in [6.45, 7) is 4.16. The van der Waals surface area contributed by atoms with Gasteiger partial charge in [0.2, 0.25) is 5.91 Å². The molecule has 0 heterocycles. The van der Waals surface area contributed by atoms with Crippen LogP contribution in [-0.2, 0) is 4.79 Å². The number of hydrogen-bond acceptors (Lipinski definition) is 2. The SMILES string of the molecule is CC(C)c1ccc(NC(=O)CNc2ccc(F)c(F)c2)cc1. The van der Waals surface area contributed by atoms with Gasteiger partial charge in [-0.1, -0.05) is 26.0 Å². The first kappa shape index (κ1) is 15.9. The summed E-state index contributed by atoms with van der Waals surface area (Å²) >= 11 is 0. The molecule has 0 atom stereocenters. The number of rotatable bonds is 5. The van der Waals surface area contributed by atoms with Crippen LogP contribution in [0.4, 0.5) is 20.2 Å². The molecule has 0 bridgehead atoms. The Kier molecular flexibility index (Phi) is 5.09. The molecule has 0 aliphatic carbocycles. The average molecular weight is 304 g/mol. The summed E-state index contributed by atoms with van der Waals surface area (Å²) in [6, 6.07) is 11.0. The van der Waals surface area contributed by atoms with Gasteiger partial charge in [-0.15, -0.1) is 0 Å². The molecule has 2 aromatic rings. The first-order valence-electron chi connectivity index (χ1n) is 7.04. The Hall–Kier alpha value is -2.43. The molecule has 0 aliphatic heterocycles. The molecule has 0 unspecified atom stereocenters. The molecule has 0 saturated carbocycles. The van der Waals surface area contributed by atoms with Gasteiger partial charge in [0.1, 0.15) is 0 Å². The molecule has 0 spiro atoms. The predicted molar refractivity (Wildman–Crippen MR) is 84.0 cm³/mol. The highest BCUT2D eigenvalue weighted by Gasteiger charge is 2.06. The first-order valence-corrected chi connectivity index (χ1v) is 7.04. The van der Waals surface area contributed by atoms with Crippen molar-refractivity contribution < 1.29 is 13.6 Å². The van der Waals surface area contributed by atoms with Gasteiger partial charge in [-0.05, 0) is 35.7 Å². The van der Waals surface area contributed by atoms with E-state index in [1.165, 1.54) is 11.6 Å². The number of hydrogen-bond donors (Lipinski definition) is 2. The van der Waals surface area contributed by atoms with E-state index in [-0.39, 0.29) is 12.5 Å². The highest BCUT2D eigenvalue weighted by Crippen LogP contribution is 2.17. The lowest BCUT2D eigenvalue weighted by molar-refractivity contribution is -0.114. The minimum absolute atomic E-state index is 0.0307. The van der Waals surface area contributed by atoms with Crippen molar-refractivity contribution in [3.05, 3.63) is 59.7 Å². The third kappa shape index (κ3) is 4.28. The van der Waals surface area contributed by atoms with Crippen LogP contribution in [0, 0.1) is 11.6 Å². The predicted octanol–water partition coefficient (Wildman–Crippen LogP) is 4.14. The summed E-state index contributed by atoms with van der Waals surface area (Å²) in [6.07, 6.45) is 0. The van der Waals surface area contributed by atoms with Gasteiger partial charge in [0.05, 0.1) is 6.54 Å². The number of benzene rings is 2. The van der Waals surface area contributed by atoms with Crippen molar-refractivity contribution in [1.29, 1.82) is 0 Å². The Balaban J connectivity index is 1.88. The van der Waals surface area contributed by atoms with Gasteiger partial charge in [-0.3, -0.25) is 4.79 Å². The van der Waals surface area contributed by atoms with Crippen LogP contribution in [0.1, 0.15) is 25.3 Å². The fourth-order valence-electron chi connectivity index (χ4n) is 1.94. The van der Waals surface area contributed by atoms with Crippen molar-refractivity contribution in [2.45, 2.75) is 19.8 Å². The zero-order valence-corrected chi connectivity index (χ0v) is 12.5. The summed E-state index contributed by atoms with van der Waals surface area (Å²) < 4.78 is 25.8. The Morgan fingerprint density at radius 1 is 1.00 bits per heavy atom. The van der Waals surface area contributed by atoms with Crippen LogP contribution < -0.4 is 10.6 Å². The Labute approximate surface area is 128 Å². The van der Waals surface area contributed by atoms with Crippen LogP contribution in [0.25, 0.3) is 0 Å². The van der Waals surface area contributed by atoms with E-state index >= 15 is 0 Å². The van der Waals surface area contributed by atoms with Crippen molar-refractivity contribution in [2.75, 3.05) is 17.2 Å². The summed E-state index contributed by atoms with van der Waals surface area (Å²) in [7, 11) is 0. The lowest BCUT2D eigenvalue weighted by Crippen LogP contribution is -2.21. The molecule has 2 N–H and O–H groups in total. The van der Waals surface area contributed by atoms with Gasteiger partial charge in [0, 0.05) is 17.4 Å². The topological polar surface area (TPSA) is 41.1 Å². The lowest BCUT2D eigenvalue weighted by atomic mass is 10.0. The smallest absolute Gasteiger partial charge is 0.243 e. The van der Waals surface area contributed by atoms with Gasteiger partial charge < -0.3 is 10.6 Å². The molecule has 3 nitrogen and oxygen atoms in total. The summed E-state index contributed by atoms with van der Waals surface area (Å²) in [5.74, 6) is -1.70. The molecule has 5 heteroatoms. The standard InChI is InChI=1S/C17H18F2N2O/c1-11(2)12-3-5-13(6-4-12)21-17(22)10-20-14-7-8-15(18)16(19)9-14/h3-9,11,20H,10H2,1-2H3,(H,21,22). The van der Waals surface area contributed by atoms with Gasteiger partial charge in [-0.25, -0.2) is 8.78 Å². The van der Waals surface area contributed by atoms with Gasteiger partial charge in [0.15, 0.2) is 11.6 Å². The van der Waals surface area contributed by atoms with E-state index in [2.05, 4.69) is 24.5 Å². The van der Waals surface area contributed by atoms with E-state index < -0.39 is 11.6 Å². The van der Waals surface area contributed by atoms with Crippen molar-refractivity contribution in [2.24, 2.45) is 0 Å². The number of amides is 1. The molecule has 0 fully saturated rings. The molecular formula is C17H18F2N2O. The van der Waals surface area contributed by atoms with E-state index in [0.717, 1.165) is 12.1 Å². The van der Waals surface area contributed by atoms with Gasteiger partial charge >= 0.3 is 0 Å². The molecule has 116 valence electrons. The van der Waals surface area contributed by atoms with Crippen LogP contribution in [0.2, 0.25) is 0 Å². The molecule has 22 heavy (non-hydrogen) atoms. The highest BCUT2D eigenvalue weighted by atomic mass is 19.2. The molecule has 2 rings (SSSR count). The van der Waals surface area contributed by atoms with E-state index in [1.807, 2.05) is 24.3 Å². The summed E-state index contributed by atoms with van der Waals surface area (Å²) in [4.78, 5) is 11.8. The van der Waals surface area contributed by atoms with Gasteiger partial charge in [0.25, 0.3) is 0 Å².